The SMILES string of the molecule is CCOc1ccc(S(=O)(=O)N2CCCCC2)cc1NC(=O)Cc1nc(-c2ccccc2)oc1C. The first-order valence-electron chi connectivity index (χ1n) is 11.5. The Morgan fingerprint density at radius 3 is 2.56 bits per heavy atom. The van der Waals surface area contributed by atoms with Crippen LogP contribution in [0.15, 0.2) is 57.8 Å². The number of hydrogen-bond acceptors (Lipinski definition) is 6. The highest BCUT2D eigenvalue weighted by molar-refractivity contribution is 7.89. The molecule has 8 nitrogen and oxygen atoms in total. The van der Waals surface area contributed by atoms with E-state index in [1.54, 1.807) is 13.0 Å². The van der Waals surface area contributed by atoms with Gasteiger partial charge in [-0.2, -0.15) is 4.31 Å². The Morgan fingerprint density at radius 1 is 1.12 bits per heavy atom. The average Bonchev–Trinajstić information content (AvgIpc) is 3.21. The Morgan fingerprint density at radius 2 is 1.85 bits per heavy atom. The topological polar surface area (TPSA) is 102 Å². The molecular weight excluding hydrogens is 454 g/mol. The van der Waals surface area contributed by atoms with Crippen molar-refractivity contribution >= 4 is 21.6 Å². The number of rotatable bonds is 8. The minimum atomic E-state index is -3.65. The number of nitrogens with one attached hydrogen (secondary N) is 1. The highest BCUT2D eigenvalue weighted by Gasteiger charge is 2.27. The van der Waals surface area contributed by atoms with Crippen LogP contribution in [0, 0.1) is 6.92 Å². The lowest BCUT2D eigenvalue weighted by atomic mass is 10.2. The molecule has 1 aliphatic rings. The molecule has 1 fully saturated rings. The summed E-state index contributed by atoms with van der Waals surface area (Å²) in [6.07, 6.45) is 2.71. The van der Waals surface area contributed by atoms with Gasteiger partial charge < -0.3 is 14.5 Å². The lowest BCUT2D eigenvalue weighted by Crippen LogP contribution is -2.35. The zero-order chi connectivity index (χ0) is 24.1. The van der Waals surface area contributed by atoms with Gasteiger partial charge in [0.1, 0.15) is 11.5 Å². The third kappa shape index (κ3) is 5.31. The molecule has 1 aliphatic heterocycles. The van der Waals surface area contributed by atoms with E-state index in [0.29, 0.717) is 48.5 Å². The number of piperidine rings is 1. The van der Waals surface area contributed by atoms with Crippen LogP contribution in [-0.2, 0) is 21.2 Å². The Bertz CT molecular complexity index is 1250. The van der Waals surface area contributed by atoms with E-state index in [2.05, 4.69) is 10.3 Å². The minimum absolute atomic E-state index is 0.0170. The van der Waals surface area contributed by atoms with Crippen LogP contribution in [0.4, 0.5) is 5.69 Å². The van der Waals surface area contributed by atoms with Crippen molar-refractivity contribution in [1.29, 1.82) is 0 Å². The number of aryl methyl sites for hydroxylation is 1. The Kier molecular flexibility index (Phi) is 7.33. The molecule has 3 aromatic rings. The third-order valence-corrected chi connectivity index (χ3v) is 7.61. The molecule has 0 radical (unpaired) electrons. The summed E-state index contributed by atoms with van der Waals surface area (Å²) in [4.78, 5) is 17.5. The number of oxazole rings is 1. The highest BCUT2D eigenvalue weighted by atomic mass is 32.2. The molecule has 1 aromatic heterocycles. The number of carbonyl (C=O) groups excluding carboxylic acids is 1. The standard InChI is InChI=1S/C25H29N3O5S/c1-3-32-23-13-12-20(34(30,31)28-14-8-5-9-15-28)16-22(23)26-24(29)17-21-18(2)33-25(27-21)19-10-6-4-7-11-19/h4,6-7,10-13,16H,3,5,8-9,14-15,17H2,1-2H3,(H,26,29). The van der Waals surface area contributed by atoms with Crippen LogP contribution >= 0.6 is 0 Å². The van der Waals surface area contributed by atoms with Gasteiger partial charge in [0.05, 0.1) is 29.3 Å². The number of anilines is 1. The van der Waals surface area contributed by atoms with Gasteiger partial charge in [-0.25, -0.2) is 13.4 Å². The molecule has 0 unspecified atom stereocenters. The summed E-state index contributed by atoms with van der Waals surface area (Å²) >= 11 is 0. The highest BCUT2D eigenvalue weighted by Crippen LogP contribution is 2.31. The van der Waals surface area contributed by atoms with Gasteiger partial charge in [0, 0.05) is 18.7 Å². The summed E-state index contributed by atoms with van der Waals surface area (Å²) in [7, 11) is -3.65. The Hall–Kier alpha value is -3.17. The molecule has 34 heavy (non-hydrogen) atoms. The molecule has 0 bridgehead atoms. The maximum atomic E-state index is 13.1. The zero-order valence-electron chi connectivity index (χ0n) is 19.4. The lowest BCUT2D eigenvalue weighted by Gasteiger charge is -2.26. The number of carbonyl (C=O) groups is 1. The molecule has 1 amide bonds. The summed E-state index contributed by atoms with van der Waals surface area (Å²) in [5, 5.41) is 2.81. The zero-order valence-corrected chi connectivity index (χ0v) is 20.2. The average molecular weight is 484 g/mol. The molecule has 1 N–H and O–H groups in total. The molecule has 180 valence electrons. The minimum Gasteiger partial charge on any atom is -0.492 e. The predicted octanol–water partition coefficient (Wildman–Crippen LogP) is 4.40. The number of amides is 1. The summed E-state index contributed by atoms with van der Waals surface area (Å²) in [6.45, 7) is 4.98. The van der Waals surface area contributed by atoms with Crippen LogP contribution in [0.3, 0.4) is 0 Å². The molecule has 2 aromatic carbocycles. The van der Waals surface area contributed by atoms with E-state index in [1.165, 1.54) is 16.4 Å². The maximum absolute atomic E-state index is 13.1. The van der Waals surface area contributed by atoms with Gasteiger partial charge in [0.2, 0.25) is 21.8 Å². The number of sulfonamides is 1. The fraction of sp³-hybridized carbons (Fsp3) is 0.360. The van der Waals surface area contributed by atoms with Crippen LogP contribution in [0.1, 0.15) is 37.6 Å². The van der Waals surface area contributed by atoms with Crippen molar-refractivity contribution in [3.8, 4) is 17.2 Å². The Balaban J connectivity index is 1.55. The molecular formula is C25H29N3O5S. The number of benzene rings is 2. The molecule has 1 saturated heterocycles. The van der Waals surface area contributed by atoms with Gasteiger partial charge in [-0.1, -0.05) is 24.6 Å². The predicted molar refractivity (Wildman–Crippen MR) is 129 cm³/mol. The molecule has 0 saturated carbocycles. The maximum Gasteiger partial charge on any atom is 0.243 e. The quantitative estimate of drug-likeness (QED) is 0.509. The second-order valence-corrected chi connectivity index (χ2v) is 10.1. The van der Waals surface area contributed by atoms with Crippen molar-refractivity contribution in [2.45, 2.75) is 44.4 Å². The lowest BCUT2D eigenvalue weighted by molar-refractivity contribution is -0.115. The van der Waals surface area contributed by atoms with E-state index in [9.17, 15) is 13.2 Å². The van der Waals surface area contributed by atoms with E-state index in [-0.39, 0.29) is 17.2 Å². The van der Waals surface area contributed by atoms with Crippen molar-refractivity contribution in [3.05, 3.63) is 60.0 Å². The van der Waals surface area contributed by atoms with Gasteiger partial charge in [-0.05, 0) is 57.0 Å². The molecule has 2 heterocycles. The second kappa shape index (κ2) is 10.4. The van der Waals surface area contributed by atoms with Crippen LogP contribution < -0.4 is 10.1 Å². The van der Waals surface area contributed by atoms with Crippen LogP contribution in [-0.4, -0.2) is 43.3 Å². The first-order chi connectivity index (χ1) is 16.4. The van der Waals surface area contributed by atoms with Crippen molar-refractivity contribution in [2.75, 3.05) is 25.0 Å². The monoisotopic (exact) mass is 483 g/mol. The summed E-state index contributed by atoms with van der Waals surface area (Å²) in [5.74, 6) is 1.07. The van der Waals surface area contributed by atoms with Gasteiger partial charge in [-0.15, -0.1) is 0 Å². The van der Waals surface area contributed by atoms with Gasteiger partial charge in [-0.3, -0.25) is 4.79 Å². The van der Waals surface area contributed by atoms with E-state index in [4.69, 9.17) is 9.15 Å². The molecule has 9 heteroatoms. The van der Waals surface area contributed by atoms with Crippen molar-refractivity contribution in [1.82, 2.24) is 9.29 Å². The first-order valence-corrected chi connectivity index (χ1v) is 12.9. The number of aromatic nitrogens is 1. The summed E-state index contributed by atoms with van der Waals surface area (Å²) in [5.41, 5.74) is 1.66. The molecule has 0 aliphatic carbocycles. The van der Waals surface area contributed by atoms with E-state index in [1.807, 2.05) is 37.3 Å². The van der Waals surface area contributed by atoms with Crippen LogP contribution in [0.25, 0.3) is 11.5 Å². The fourth-order valence-electron chi connectivity index (χ4n) is 3.95. The largest absolute Gasteiger partial charge is 0.492 e. The van der Waals surface area contributed by atoms with Gasteiger partial charge in [0.15, 0.2) is 0 Å². The fourth-order valence-corrected chi connectivity index (χ4v) is 5.49. The van der Waals surface area contributed by atoms with Crippen LogP contribution in [0.5, 0.6) is 5.75 Å². The summed E-state index contributed by atoms with van der Waals surface area (Å²) in [6, 6.07) is 14.0. The smallest absolute Gasteiger partial charge is 0.243 e. The van der Waals surface area contributed by atoms with E-state index >= 15 is 0 Å². The van der Waals surface area contributed by atoms with Crippen molar-refractivity contribution in [3.63, 3.8) is 0 Å². The van der Waals surface area contributed by atoms with Gasteiger partial charge >= 0.3 is 0 Å². The van der Waals surface area contributed by atoms with Crippen molar-refractivity contribution in [2.24, 2.45) is 0 Å². The van der Waals surface area contributed by atoms with E-state index in [0.717, 1.165) is 24.8 Å². The Labute approximate surface area is 200 Å². The first kappa shape index (κ1) is 24.0. The number of nitrogens with zero attached hydrogens (tertiary/aromatic N) is 2. The van der Waals surface area contributed by atoms with Crippen molar-refractivity contribution < 1.29 is 22.4 Å². The van der Waals surface area contributed by atoms with Crippen LogP contribution in [0.2, 0.25) is 0 Å². The number of ether oxygens (including phenoxy) is 1. The summed E-state index contributed by atoms with van der Waals surface area (Å²) < 4.78 is 39.1. The molecule has 0 atom stereocenters. The third-order valence-electron chi connectivity index (χ3n) is 5.72. The van der Waals surface area contributed by atoms with E-state index < -0.39 is 10.0 Å². The molecule has 0 spiro atoms. The normalized spacial score (nSPS) is 14.6. The number of hydrogen-bond donors (Lipinski definition) is 1. The van der Waals surface area contributed by atoms with Gasteiger partial charge in [0.25, 0.3) is 0 Å². The second-order valence-electron chi connectivity index (χ2n) is 8.17. The molecule has 4 rings (SSSR count).